The molecule has 1 saturated heterocycles. The van der Waals surface area contributed by atoms with E-state index in [-0.39, 0.29) is 0 Å². The highest BCUT2D eigenvalue weighted by molar-refractivity contribution is 7.25. The van der Waals surface area contributed by atoms with E-state index in [1.54, 1.807) is 30.8 Å². The van der Waals surface area contributed by atoms with Crippen LogP contribution in [0.25, 0.3) is 32.0 Å². The fourth-order valence-corrected chi connectivity index (χ4v) is 4.29. The molecule has 1 aliphatic heterocycles. The number of methoxy groups -OCH3 is 1. The van der Waals surface area contributed by atoms with Gasteiger partial charge in [0.1, 0.15) is 21.6 Å². The molecule has 8 heteroatoms. The van der Waals surface area contributed by atoms with Crippen LogP contribution in [0.1, 0.15) is 0 Å². The molecule has 1 aromatic carbocycles. The molecule has 0 amide bonds. The van der Waals surface area contributed by atoms with Gasteiger partial charge in [-0.1, -0.05) is 12.1 Å². The summed E-state index contributed by atoms with van der Waals surface area (Å²) < 4.78 is 11.9. The van der Waals surface area contributed by atoms with Crippen molar-refractivity contribution >= 4 is 37.7 Å². The van der Waals surface area contributed by atoms with Crippen LogP contribution < -0.4 is 9.64 Å². The van der Waals surface area contributed by atoms with E-state index in [0.29, 0.717) is 19.0 Å². The molecule has 4 heterocycles. The van der Waals surface area contributed by atoms with Gasteiger partial charge in [-0.15, -0.1) is 11.3 Å². The first kappa shape index (κ1) is 16.3. The summed E-state index contributed by atoms with van der Waals surface area (Å²) in [6.07, 6.45) is 3.42. The number of rotatable bonds is 3. The topological polar surface area (TPSA) is 73.3 Å². The van der Waals surface area contributed by atoms with E-state index in [0.717, 1.165) is 50.8 Å². The van der Waals surface area contributed by atoms with E-state index in [2.05, 4.69) is 14.9 Å². The van der Waals surface area contributed by atoms with Crippen molar-refractivity contribution in [2.24, 2.45) is 0 Å². The third kappa shape index (κ3) is 2.87. The highest BCUT2D eigenvalue weighted by atomic mass is 32.1. The molecule has 0 N–H and O–H groups in total. The molecule has 5 rings (SSSR count). The van der Waals surface area contributed by atoms with Gasteiger partial charge in [0.05, 0.1) is 25.0 Å². The predicted molar refractivity (Wildman–Crippen MR) is 106 cm³/mol. The van der Waals surface area contributed by atoms with Crippen LogP contribution in [-0.4, -0.2) is 53.3 Å². The lowest BCUT2D eigenvalue weighted by Gasteiger charge is -2.28. The first-order valence-electron chi connectivity index (χ1n) is 8.72. The second-order valence-electron chi connectivity index (χ2n) is 6.19. The van der Waals surface area contributed by atoms with Crippen LogP contribution in [0.4, 0.5) is 5.82 Å². The van der Waals surface area contributed by atoms with E-state index in [1.165, 1.54) is 0 Å². The highest BCUT2D eigenvalue weighted by Gasteiger charge is 2.22. The smallest absolute Gasteiger partial charge is 0.162 e. The molecule has 1 fully saturated rings. The fraction of sp³-hybridized carbons (Fsp3) is 0.263. The highest BCUT2D eigenvalue weighted by Crippen LogP contribution is 2.37. The molecular weight excluding hydrogens is 362 g/mol. The zero-order valence-electron chi connectivity index (χ0n) is 14.8. The lowest BCUT2D eigenvalue weighted by Crippen LogP contribution is -2.36. The number of nitrogens with zero attached hydrogens (tertiary/aromatic N) is 5. The molecule has 4 aromatic rings. The van der Waals surface area contributed by atoms with Crippen LogP contribution in [0.3, 0.4) is 0 Å². The third-order valence-corrected chi connectivity index (χ3v) is 5.65. The monoisotopic (exact) mass is 379 g/mol. The van der Waals surface area contributed by atoms with Crippen LogP contribution in [0, 0.1) is 0 Å². The average Bonchev–Trinajstić information content (AvgIpc) is 3.12. The van der Waals surface area contributed by atoms with Gasteiger partial charge in [-0.25, -0.2) is 19.9 Å². The Morgan fingerprint density at radius 2 is 1.93 bits per heavy atom. The van der Waals surface area contributed by atoms with Crippen molar-refractivity contribution in [3.63, 3.8) is 0 Å². The fourth-order valence-electron chi connectivity index (χ4n) is 3.23. The summed E-state index contributed by atoms with van der Waals surface area (Å²) in [5, 5.41) is 0. The Morgan fingerprint density at radius 3 is 2.78 bits per heavy atom. The number of morpholine rings is 1. The van der Waals surface area contributed by atoms with Gasteiger partial charge in [-0.3, -0.25) is 0 Å². The minimum absolute atomic E-state index is 0.660. The molecule has 3 aromatic heterocycles. The minimum Gasteiger partial charge on any atom is -0.497 e. The summed E-state index contributed by atoms with van der Waals surface area (Å²) in [6.45, 7) is 3.00. The van der Waals surface area contributed by atoms with Crippen molar-refractivity contribution in [2.75, 3.05) is 38.3 Å². The van der Waals surface area contributed by atoms with Gasteiger partial charge >= 0.3 is 0 Å². The molecule has 0 saturated carbocycles. The molecule has 0 aliphatic carbocycles. The number of thiophene rings is 1. The van der Waals surface area contributed by atoms with E-state index in [1.807, 2.05) is 24.3 Å². The minimum atomic E-state index is 0.660. The van der Waals surface area contributed by atoms with Crippen molar-refractivity contribution in [3.8, 4) is 17.1 Å². The quantitative estimate of drug-likeness (QED) is 0.541. The number of ether oxygens (including phenoxy) is 2. The normalized spacial score (nSPS) is 14.8. The van der Waals surface area contributed by atoms with Crippen molar-refractivity contribution in [3.05, 3.63) is 36.7 Å². The van der Waals surface area contributed by atoms with Crippen molar-refractivity contribution in [2.45, 2.75) is 0 Å². The second-order valence-corrected chi connectivity index (χ2v) is 7.19. The number of hydrogen-bond acceptors (Lipinski definition) is 8. The Hall–Kier alpha value is -2.84. The van der Waals surface area contributed by atoms with Gasteiger partial charge in [-0.2, -0.15) is 0 Å². The van der Waals surface area contributed by atoms with Crippen LogP contribution in [0.2, 0.25) is 0 Å². The van der Waals surface area contributed by atoms with Crippen LogP contribution in [-0.2, 0) is 4.74 Å². The van der Waals surface area contributed by atoms with Crippen molar-refractivity contribution in [1.82, 2.24) is 19.9 Å². The largest absolute Gasteiger partial charge is 0.497 e. The first-order chi connectivity index (χ1) is 13.3. The van der Waals surface area contributed by atoms with E-state index in [4.69, 9.17) is 19.4 Å². The summed E-state index contributed by atoms with van der Waals surface area (Å²) in [7, 11) is 1.66. The van der Waals surface area contributed by atoms with Crippen molar-refractivity contribution in [1.29, 1.82) is 0 Å². The third-order valence-electron chi connectivity index (χ3n) is 4.57. The Kier molecular flexibility index (Phi) is 4.06. The number of benzene rings is 1. The number of aromatic nitrogens is 4. The van der Waals surface area contributed by atoms with E-state index >= 15 is 0 Å². The molecule has 27 heavy (non-hydrogen) atoms. The molecule has 0 atom stereocenters. The Bertz CT molecular complexity index is 1120. The summed E-state index contributed by atoms with van der Waals surface area (Å²) >= 11 is 1.59. The summed E-state index contributed by atoms with van der Waals surface area (Å²) in [5.41, 5.74) is 2.57. The number of anilines is 1. The predicted octanol–water partition coefficient (Wildman–Crippen LogP) is 3.15. The summed E-state index contributed by atoms with van der Waals surface area (Å²) in [6, 6.07) is 7.80. The van der Waals surface area contributed by atoms with Crippen LogP contribution >= 0.6 is 11.3 Å². The molecule has 0 unspecified atom stereocenters. The van der Waals surface area contributed by atoms with E-state index in [9.17, 15) is 0 Å². The number of fused-ring (bicyclic) bond motifs is 3. The molecule has 136 valence electrons. The van der Waals surface area contributed by atoms with Crippen LogP contribution in [0.5, 0.6) is 5.75 Å². The van der Waals surface area contributed by atoms with Gasteiger partial charge < -0.3 is 14.4 Å². The maximum absolute atomic E-state index is 5.51. The molecule has 1 aliphatic rings. The van der Waals surface area contributed by atoms with Crippen molar-refractivity contribution < 1.29 is 9.47 Å². The van der Waals surface area contributed by atoms with Crippen LogP contribution in [0.15, 0.2) is 36.7 Å². The standard InChI is InChI=1S/C19H17N5O2S/c1-25-13-4-2-3-12(11-13)17-22-14-15-19(21-6-5-20-15)27-16(14)18(23-17)24-7-9-26-10-8-24/h2-6,11H,7-10H2,1H3. The maximum Gasteiger partial charge on any atom is 0.162 e. The molecule has 0 radical (unpaired) electrons. The van der Waals surface area contributed by atoms with Gasteiger partial charge in [-0.05, 0) is 12.1 Å². The average molecular weight is 379 g/mol. The van der Waals surface area contributed by atoms with Gasteiger partial charge in [0.15, 0.2) is 11.6 Å². The van der Waals surface area contributed by atoms with E-state index < -0.39 is 0 Å². The first-order valence-corrected chi connectivity index (χ1v) is 9.53. The summed E-state index contributed by atoms with van der Waals surface area (Å²) in [5.74, 6) is 2.36. The SMILES string of the molecule is COc1cccc(-c2nc(N3CCOCC3)c3sc4nccnc4c3n2)c1. The second kappa shape index (κ2) is 6.71. The zero-order valence-corrected chi connectivity index (χ0v) is 15.6. The zero-order chi connectivity index (χ0) is 18.2. The Labute approximate surface area is 159 Å². The molecule has 0 spiro atoms. The molecular formula is C19H17N5O2S. The van der Waals surface area contributed by atoms with Gasteiger partial charge in [0.2, 0.25) is 0 Å². The summed E-state index contributed by atoms with van der Waals surface area (Å²) in [4.78, 5) is 21.9. The number of hydrogen-bond donors (Lipinski definition) is 0. The maximum atomic E-state index is 5.51. The lowest BCUT2D eigenvalue weighted by atomic mass is 10.2. The molecule has 7 nitrogen and oxygen atoms in total. The van der Waals surface area contributed by atoms with Gasteiger partial charge in [0.25, 0.3) is 0 Å². The Balaban J connectivity index is 1.77. The Morgan fingerprint density at radius 1 is 1.07 bits per heavy atom. The molecule has 0 bridgehead atoms. The van der Waals surface area contributed by atoms with Gasteiger partial charge in [0, 0.05) is 31.0 Å². The lowest BCUT2D eigenvalue weighted by molar-refractivity contribution is 0.122.